The van der Waals surface area contributed by atoms with Crippen molar-refractivity contribution in [1.29, 1.82) is 0 Å². The summed E-state index contributed by atoms with van der Waals surface area (Å²) in [5.74, 6) is -3.54. The summed E-state index contributed by atoms with van der Waals surface area (Å²) in [6.07, 6.45) is -0.353. The molecule has 17 heavy (non-hydrogen) atoms. The van der Waals surface area contributed by atoms with Crippen LogP contribution in [0.15, 0.2) is 0 Å². The maximum Gasteiger partial charge on any atom is 0.335 e. The molecule has 1 aliphatic rings. The van der Waals surface area contributed by atoms with Crippen molar-refractivity contribution >= 4 is 11.9 Å². The normalized spacial score (nSPS) is 22.9. The molecule has 3 atom stereocenters. The maximum atomic E-state index is 9.77. The lowest BCUT2D eigenvalue weighted by Gasteiger charge is -2.18. The van der Waals surface area contributed by atoms with E-state index < -0.39 is 24.1 Å². The van der Waals surface area contributed by atoms with Crippen LogP contribution in [0.4, 0.5) is 0 Å². The van der Waals surface area contributed by atoms with Crippen LogP contribution in [-0.2, 0) is 9.59 Å². The van der Waals surface area contributed by atoms with Crippen LogP contribution in [0.1, 0.15) is 26.2 Å². The molecule has 1 saturated heterocycles. The third kappa shape index (κ3) is 6.88. The molecule has 2 unspecified atom stereocenters. The molecule has 100 valence electrons. The van der Waals surface area contributed by atoms with E-state index in [-0.39, 0.29) is 0 Å². The van der Waals surface area contributed by atoms with Gasteiger partial charge in [0.2, 0.25) is 0 Å². The predicted octanol–water partition coefficient (Wildman–Crippen LogP) is -0.974. The predicted molar refractivity (Wildman–Crippen MR) is 58.6 cm³/mol. The summed E-state index contributed by atoms with van der Waals surface area (Å²) < 4.78 is 0. The largest absolute Gasteiger partial charge is 0.479 e. The molecule has 1 aliphatic heterocycles. The first-order valence-corrected chi connectivity index (χ1v) is 5.41. The molecule has 1 fully saturated rings. The molecule has 1 rings (SSSR count). The number of aliphatic carboxylic acids is 2. The minimum absolute atomic E-state index is 0.786. The molecule has 0 bridgehead atoms. The van der Waals surface area contributed by atoms with E-state index >= 15 is 0 Å². The Morgan fingerprint density at radius 2 is 1.59 bits per heavy atom. The highest BCUT2D eigenvalue weighted by atomic mass is 16.4. The molecule has 0 aliphatic carbocycles. The Morgan fingerprint density at radius 1 is 1.12 bits per heavy atom. The molecule has 0 saturated carbocycles. The number of carbonyl (C=O) groups is 2. The van der Waals surface area contributed by atoms with Crippen molar-refractivity contribution < 1.29 is 30.0 Å². The summed E-state index contributed by atoms with van der Waals surface area (Å²) in [5.41, 5.74) is 0. The van der Waals surface area contributed by atoms with Crippen LogP contribution in [0, 0.1) is 0 Å². The van der Waals surface area contributed by atoms with E-state index in [9.17, 15) is 9.59 Å². The zero-order valence-corrected chi connectivity index (χ0v) is 9.67. The van der Waals surface area contributed by atoms with Crippen LogP contribution in [-0.4, -0.2) is 57.2 Å². The number of aliphatic hydroxyl groups excluding tert-OH is 2. The molecule has 0 aromatic carbocycles. The first kappa shape index (κ1) is 15.8. The molecule has 0 amide bonds. The van der Waals surface area contributed by atoms with Gasteiger partial charge in [-0.05, 0) is 26.3 Å². The Labute approximate surface area is 99.1 Å². The SMILES string of the molecule is C[C@@H]1CCCCN1.O=C(O)C(O)C(O)C(=O)O. The standard InChI is InChI=1S/C6H13N.C4H6O6/c1-6-4-2-3-5-7-6;5-1(3(7)8)2(6)4(9)10/h6-7H,2-5H2,1H3;1-2,5-6H,(H,7,8)(H,9,10)/t6-;/m1./s1. The van der Waals surface area contributed by atoms with Crippen molar-refractivity contribution in [3.05, 3.63) is 0 Å². The molecule has 7 heteroatoms. The van der Waals surface area contributed by atoms with Crippen LogP contribution >= 0.6 is 0 Å². The number of aliphatic hydroxyl groups is 2. The summed E-state index contributed by atoms with van der Waals surface area (Å²) in [5, 5.41) is 35.9. The highest BCUT2D eigenvalue weighted by Gasteiger charge is 2.29. The van der Waals surface area contributed by atoms with Gasteiger partial charge in [0, 0.05) is 6.04 Å². The van der Waals surface area contributed by atoms with Crippen LogP contribution in [0.3, 0.4) is 0 Å². The summed E-state index contributed by atoms with van der Waals surface area (Å²) >= 11 is 0. The van der Waals surface area contributed by atoms with Gasteiger partial charge in [-0.3, -0.25) is 0 Å². The second-order valence-electron chi connectivity index (χ2n) is 3.92. The Morgan fingerprint density at radius 3 is 1.76 bits per heavy atom. The summed E-state index contributed by atoms with van der Waals surface area (Å²) in [7, 11) is 0. The zero-order valence-electron chi connectivity index (χ0n) is 9.67. The van der Waals surface area contributed by atoms with E-state index in [1.165, 1.54) is 25.8 Å². The van der Waals surface area contributed by atoms with Gasteiger partial charge in [-0.25, -0.2) is 9.59 Å². The van der Waals surface area contributed by atoms with Gasteiger partial charge in [-0.1, -0.05) is 6.42 Å². The number of hydrogen-bond donors (Lipinski definition) is 5. The summed E-state index contributed by atoms with van der Waals surface area (Å²) in [4.78, 5) is 19.5. The summed E-state index contributed by atoms with van der Waals surface area (Å²) in [6, 6.07) is 0.786. The number of nitrogens with one attached hydrogen (secondary N) is 1. The van der Waals surface area contributed by atoms with Crippen molar-refractivity contribution in [1.82, 2.24) is 5.32 Å². The van der Waals surface area contributed by atoms with Gasteiger partial charge in [0.05, 0.1) is 0 Å². The fourth-order valence-corrected chi connectivity index (χ4v) is 1.30. The van der Waals surface area contributed by atoms with E-state index in [0.29, 0.717) is 0 Å². The fourth-order valence-electron chi connectivity index (χ4n) is 1.30. The molecular weight excluding hydrogens is 230 g/mol. The number of piperidine rings is 1. The minimum atomic E-state index is -2.27. The average Bonchev–Trinajstić information content (AvgIpc) is 2.28. The third-order valence-corrected chi connectivity index (χ3v) is 2.36. The summed E-state index contributed by atoms with van der Waals surface area (Å²) in [6.45, 7) is 3.49. The second-order valence-corrected chi connectivity index (χ2v) is 3.92. The van der Waals surface area contributed by atoms with Gasteiger partial charge >= 0.3 is 11.9 Å². The van der Waals surface area contributed by atoms with Crippen molar-refractivity contribution in [2.24, 2.45) is 0 Å². The first-order chi connectivity index (χ1) is 7.86. The van der Waals surface area contributed by atoms with Crippen molar-refractivity contribution in [2.45, 2.75) is 44.4 Å². The van der Waals surface area contributed by atoms with Crippen LogP contribution in [0.5, 0.6) is 0 Å². The lowest BCUT2D eigenvalue weighted by Crippen LogP contribution is -2.39. The Hall–Kier alpha value is -1.18. The number of carboxylic acids is 2. The van der Waals surface area contributed by atoms with Gasteiger partial charge in [-0.15, -0.1) is 0 Å². The smallest absolute Gasteiger partial charge is 0.335 e. The lowest BCUT2D eigenvalue weighted by atomic mass is 10.1. The monoisotopic (exact) mass is 249 g/mol. The van der Waals surface area contributed by atoms with Crippen molar-refractivity contribution in [3.8, 4) is 0 Å². The highest BCUT2D eigenvalue weighted by Crippen LogP contribution is 2.04. The molecule has 0 spiro atoms. The average molecular weight is 249 g/mol. The van der Waals surface area contributed by atoms with Crippen LogP contribution < -0.4 is 5.32 Å². The van der Waals surface area contributed by atoms with Crippen LogP contribution in [0.2, 0.25) is 0 Å². The first-order valence-electron chi connectivity index (χ1n) is 5.41. The van der Waals surface area contributed by atoms with E-state index in [1.54, 1.807) is 0 Å². The van der Waals surface area contributed by atoms with Gasteiger partial charge in [0.25, 0.3) is 0 Å². The molecule has 0 radical (unpaired) electrons. The Kier molecular flexibility index (Phi) is 7.44. The molecule has 0 aromatic rings. The number of hydrogen-bond acceptors (Lipinski definition) is 5. The topological polar surface area (TPSA) is 127 Å². The number of carboxylic acid groups (broad SMARTS) is 2. The van der Waals surface area contributed by atoms with E-state index in [1.807, 2.05) is 0 Å². The Bertz CT molecular complexity index is 233. The Balaban J connectivity index is 0.000000318. The second kappa shape index (κ2) is 7.99. The van der Waals surface area contributed by atoms with E-state index in [0.717, 1.165) is 6.04 Å². The molecule has 1 heterocycles. The van der Waals surface area contributed by atoms with E-state index in [4.69, 9.17) is 20.4 Å². The molecule has 0 aromatic heterocycles. The van der Waals surface area contributed by atoms with E-state index in [2.05, 4.69) is 12.2 Å². The van der Waals surface area contributed by atoms with Gasteiger partial charge in [-0.2, -0.15) is 0 Å². The lowest BCUT2D eigenvalue weighted by molar-refractivity contribution is -0.165. The quantitative estimate of drug-likeness (QED) is 0.435. The van der Waals surface area contributed by atoms with Gasteiger partial charge < -0.3 is 25.7 Å². The fraction of sp³-hybridized carbons (Fsp3) is 0.800. The van der Waals surface area contributed by atoms with Gasteiger partial charge in [0.15, 0.2) is 12.2 Å². The minimum Gasteiger partial charge on any atom is -0.479 e. The molecular formula is C10H19NO6. The number of rotatable bonds is 3. The zero-order chi connectivity index (χ0) is 13.4. The van der Waals surface area contributed by atoms with Gasteiger partial charge in [0.1, 0.15) is 0 Å². The third-order valence-electron chi connectivity index (χ3n) is 2.36. The maximum absolute atomic E-state index is 9.77. The van der Waals surface area contributed by atoms with Crippen molar-refractivity contribution in [2.75, 3.05) is 6.54 Å². The van der Waals surface area contributed by atoms with Crippen molar-refractivity contribution in [3.63, 3.8) is 0 Å². The molecule has 5 N–H and O–H groups in total. The highest BCUT2D eigenvalue weighted by molar-refractivity contribution is 5.83. The molecule has 7 nitrogen and oxygen atoms in total. The van der Waals surface area contributed by atoms with Crippen LogP contribution in [0.25, 0.3) is 0 Å².